The largest absolute Gasteiger partial charge is 0.206 e. The average Bonchev–Trinajstić information content (AvgIpc) is 2.44. The van der Waals surface area contributed by atoms with E-state index in [-0.39, 0.29) is 5.82 Å². The Hall–Kier alpha value is -1.28. The molecule has 0 aliphatic carbocycles. The summed E-state index contributed by atoms with van der Waals surface area (Å²) >= 11 is 18.4. The number of fused-ring (bicyclic) bond motifs is 1. The molecule has 0 aliphatic rings. The predicted octanol–water partition coefficient (Wildman–Crippen LogP) is 6.61. The second-order valence-electron chi connectivity index (χ2n) is 4.40. The highest BCUT2D eigenvalue weighted by molar-refractivity contribution is 6.46. The van der Waals surface area contributed by atoms with Gasteiger partial charge in [-0.05, 0) is 35.2 Å². The summed E-state index contributed by atoms with van der Waals surface area (Å²) in [5.74, 6) is -0.315. The molecule has 4 heteroatoms. The standard InChI is InChI=1S/C16H8Cl3F/c17-12-5-6-13(18)16(19)15(12)10-7-9-3-1-2-4-11(9)14(20)8-10/h1-8H. The number of hydrogen-bond donors (Lipinski definition) is 0. The number of halogens is 4. The Bertz CT molecular complexity index is 812. The van der Waals surface area contributed by atoms with Crippen molar-refractivity contribution in [3.8, 4) is 11.1 Å². The summed E-state index contributed by atoms with van der Waals surface area (Å²) in [6.07, 6.45) is 0. The van der Waals surface area contributed by atoms with E-state index in [0.29, 0.717) is 31.6 Å². The van der Waals surface area contributed by atoms with Crippen molar-refractivity contribution in [2.45, 2.75) is 0 Å². The zero-order valence-corrected chi connectivity index (χ0v) is 12.4. The smallest absolute Gasteiger partial charge is 0.131 e. The minimum absolute atomic E-state index is 0.315. The number of rotatable bonds is 1. The van der Waals surface area contributed by atoms with Gasteiger partial charge in [-0.15, -0.1) is 0 Å². The van der Waals surface area contributed by atoms with Gasteiger partial charge in [0.05, 0.1) is 10.0 Å². The maximum absolute atomic E-state index is 14.2. The minimum Gasteiger partial charge on any atom is -0.206 e. The van der Waals surface area contributed by atoms with Crippen molar-refractivity contribution in [3.05, 3.63) is 69.4 Å². The van der Waals surface area contributed by atoms with Gasteiger partial charge in [0.1, 0.15) is 5.82 Å². The molecule has 20 heavy (non-hydrogen) atoms. The fourth-order valence-corrected chi connectivity index (χ4v) is 2.95. The lowest BCUT2D eigenvalue weighted by molar-refractivity contribution is 0.640. The lowest BCUT2D eigenvalue weighted by Crippen LogP contribution is -1.87. The van der Waals surface area contributed by atoms with Crippen LogP contribution in [0.15, 0.2) is 48.5 Å². The molecule has 100 valence electrons. The van der Waals surface area contributed by atoms with Gasteiger partial charge in [0.15, 0.2) is 0 Å². The van der Waals surface area contributed by atoms with Gasteiger partial charge in [-0.3, -0.25) is 0 Å². The maximum atomic E-state index is 14.2. The lowest BCUT2D eigenvalue weighted by Gasteiger charge is -2.10. The van der Waals surface area contributed by atoms with Gasteiger partial charge in [-0.25, -0.2) is 4.39 Å². The Labute approximate surface area is 130 Å². The van der Waals surface area contributed by atoms with Gasteiger partial charge in [0, 0.05) is 16.0 Å². The van der Waals surface area contributed by atoms with Crippen LogP contribution in [0, 0.1) is 5.82 Å². The lowest BCUT2D eigenvalue weighted by atomic mass is 10.0. The van der Waals surface area contributed by atoms with E-state index < -0.39 is 0 Å². The Morgan fingerprint density at radius 1 is 0.800 bits per heavy atom. The van der Waals surface area contributed by atoms with Crippen molar-refractivity contribution in [3.63, 3.8) is 0 Å². The first-order valence-corrected chi connectivity index (χ1v) is 7.03. The molecular formula is C16H8Cl3F. The van der Waals surface area contributed by atoms with E-state index >= 15 is 0 Å². The molecule has 3 aromatic rings. The molecule has 0 atom stereocenters. The molecule has 0 aromatic heterocycles. The van der Waals surface area contributed by atoms with E-state index in [1.54, 1.807) is 24.3 Å². The zero-order chi connectivity index (χ0) is 14.3. The topological polar surface area (TPSA) is 0 Å². The van der Waals surface area contributed by atoms with Gasteiger partial charge in [-0.2, -0.15) is 0 Å². The molecule has 0 nitrogen and oxygen atoms in total. The van der Waals surface area contributed by atoms with Gasteiger partial charge >= 0.3 is 0 Å². The van der Waals surface area contributed by atoms with Crippen LogP contribution in [0.1, 0.15) is 0 Å². The second-order valence-corrected chi connectivity index (χ2v) is 5.59. The highest BCUT2D eigenvalue weighted by atomic mass is 35.5. The van der Waals surface area contributed by atoms with Gasteiger partial charge in [-0.1, -0.05) is 59.1 Å². The van der Waals surface area contributed by atoms with E-state index in [2.05, 4.69) is 0 Å². The van der Waals surface area contributed by atoms with Crippen molar-refractivity contribution >= 4 is 45.6 Å². The van der Waals surface area contributed by atoms with Crippen molar-refractivity contribution in [1.82, 2.24) is 0 Å². The molecule has 3 rings (SSSR count). The summed E-state index contributed by atoms with van der Waals surface area (Å²) in [4.78, 5) is 0. The SMILES string of the molecule is Fc1cc(-c2c(Cl)ccc(Cl)c2Cl)cc2ccccc12. The van der Waals surface area contributed by atoms with Crippen LogP contribution in [0.4, 0.5) is 4.39 Å². The number of hydrogen-bond acceptors (Lipinski definition) is 0. The van der Waals surface area contributed by atoms with E-state index in [1.165, 1.54) is 6.07 Å². The summed E-state index contributed by atoms with van der Waals surface area (Å²) in [5, 5.41) is 2.50. The van der Waals surface area contributed by atoms with Gasteiger partial charge < -0.3 is 0 Å². The molecule has 0 unspecified atom stereocenters. The summed E-state index contributed by atoms with van der Waals surface area (Å²) < 4.78 is 14.2. The molecule has 0 radical (unpaired) electrons. The highest BCUT2D eigenvalue weighted by Crippen LogP contribution is 2.40. The molecule has 0 spiro atoms. The van der Waals surface area contributed by atoms with Crippen LogP contribution in [0.3, 0.4) is 0 Å². The third-order valence-corrected chi connectivity index (χ3v) is 4.26. The second kappa shape index (κ2) is 5.25. The Morgan fingerprint density at radius 3 is 2.30 bits per heavy atom. The van der Waals surface area contributed by atoms with Crippen molar-refractivity contribution in [2.24, 2.45) is 0 Å². The first-order chi connectivity index (χ1) is 9.58. The average molecular weight is 326 g/mol. The molecule has 0 aliphatic heterocycles. The maximum Gasteiger partial charge on any atom is 0.131 e. The molecule has 0 N–H and O–H groups in total. The van der Waals surface area contributed by atoms with Crippen LogP contribution in [0.25, 0.3) is 21.9 Å². The van der Waals surface area contributed by atoms with Crippen LogP contribution in [-0.2, 0) is 0 Å². The molecular weight excluding hydrogens is 318 g/mol. The fourth-order valence-electron chi connectivity index (χ4n) is 2.20. The minimum atomic E-state index is -0.315. The summed E-state index contributed by atoms with van der Waals surface area (Å²) in [7, 11) is 0. The zero-order valence-electron chi connectivity index (χ0n) is 10.1. The molecule has 0 bridgehead atoms. The van der Waals surface area contributed by atoms with E-state index in [9.17, 15) is 4.39 Å². The molecule has 0 fully saturated rings. The normalized spacial score (nSPS) is 11.0. The summed E-state index contributed by atoms with van der Waals surface area (Å²) in [6.45, 7) is 0. The monoisotopic (exact) mass is 324 g/mol. The van der Waals surface area contributed by atoms with E-state index in [4.69, 9.17) is 34.8 Å². The van der Waals surface area contributed by atoms with Crippen LogP contribution in [-0.4, -0.2) is 0 Å². The van der Waals surface area contributed by atoms with Crippen molar-refractivity contribution in [1.29, 1.82) is 0 Å². The fraction of sp³-hybridized carbons (Fsp3) is 0. The van der Waals surface area contributed by atoms with Crippen LogP contribution >= 0.6 is 34.8 Å². The Balaban J connectivity index is 2.33. The van der Waals surface area contributed by atoms with Crippen LogP contribution in [0.2, 0.25) is 15.1 Å². The van der Waals surface area contributed by atoms with E-state index in [0.717, 1.165) is 5.39 Å². The van der Waals surface area contributed by atoms with Crippen LogP contribution in [0.5, 0.6) is 0 Å². The van der Waals surface area contributed by atoms with Crippen LogP contribution < -0.4 is 0 Å². The molecule has 0 saturated heterocycles. The van der Waals surface area contributed by atoms with Gasteiger partial charge in [0.25, 0.3) is 0 Å². The Morgan fingerprint density at radius 2 is 1.50 bits per heavy atom. The molecule has 0 heterocycles. The third-order valence-electron chi connectivity index (χ3n) is 3.14. The summed E-state index contributed by atoms with van der Waals surface area (Å²) in [6, 6.07) is 13.8. The molecule has 3 aromatic carbocycles. The Kier molecular flexibility index (Phi) is 3.59. The quantitative estimate of drug-likeness (QED) is 0.442. The first-order valence-electron chi connectivity index (χ1n) is 5.90. The van der Waals surface area contributed by atoms with Crippen molar-refractivity contribution < 1.29 is 4.39 Å². The van der Waals surface area contributed by atoms with Crippen molar-refractivity contribution in [2.75, 3.05) is 0 Å². The highest BCUT2D eigenvalue weighted by Gasteiger charge is 2.14. The van der Waals surface area contributed by atoms with Gasteiger partial charge in [0.2, 0.25) is 0 Å². The first kappa shape index (κ1) is 13.7. The van der Waals surface area contributed by atoms with E-state index in [1.807, 2.05) is 18.2 Å². The molecule has 0 saturated carbocycles. The molecule has 0 amide bonds. The third kappa shape index (κ3) is 2.26. The number of benzene rings is 3. The summed E-state index contributed by atoms with van der Waals surface area (Å²) in [5.41, 5.74) is 1.16. The predicted molar refractivity (Wildman–Crippen MR) is 84.4 cm³/mol.